The topological polar surface area (TPSA) is 58.6 Å². The molecule has 19 heavy (non-hydrogen) atoms. The molecule has 0 aromatic carbocycles. The maximum atomic E-state index is 11.6. The van der Waals surface area contributed by atoms with Crippen LogP contribution in [0.2, 0.25) is 0 Å². The predicted molar refractivity (Wildman–Crippen MR) is 72.3 cm³/mol. The lowest BCUT2D eigenvalue weighted by Gasteiger charge is -2.47. The van der Waals surface area contributed by atoms with Crippen LogP contribution in [-0.4, -0.2) is 59.4 Å². The van der Waals surface area contributed by atoms with Crippen molar-refractivity contribution in [2.75, 3.05) is 37.7 Å². The molecule has 0 aliphatic carbocycles. The Balaban J connectivity index is 1.74. The fourth-order valence-corrected chi connectivity index (χ4v) is 3.51. The van der Waals surface area contributed by atoms with Gasteiger partial charge in [0.05, 0.1) is 19.7 Å². The highest BCUT2D eigenvalue weighted by Gasteiger charge is 2.41. The van der Waals surface area contributed by atoms with E-state index in [4.69, 9.17) is 4.74 Å². The largest absolute Gasteiger partial charge is 0.369 e. The highest BCUT2D eigenvalue weighted by Crippen LogP contribution is 2.31. The number of rotatable bonds is 1. The lowest BCUT2D eigenvalue weighted by molar-refractivity contribution is -0.142. The van der Waals surface area contributed by atoms with Crippen LogP contribution in [-0.2, 0) is 9.53 Å². The summed E-state index contributed by atoms with van der Waals surface area (Å²) in [6.45, 7) is 5.50. The molecule has 1 aromatic heterocycles. The SMILES string of the molecule is CC(=O)N1CCCC2(C1)CN(c1nncs1)CCO2. The number of carbonyl (C=O) groups is 1. The van der Waals surface area contributed by atoms with Crippen LogP contribution in [0.25, 0.3) is 0 Å². The van der Waals surface area contributed by atoms with E-state index in [0.29, 0.717) is 13.2 Å². The molecule has 104 valence electrons. The van der Waals surface area contributed by atoms with Gasteiger partial charge in [-0.05, 0) is 12.8 Å². The number of likely N-dealkylation sites (tertiary alicyclic amines) is 1. The highest BCUT2D eigenvalue weighted by atomic mass is 32.1. The summed E-state index contributed by atoms with van der Waals surface area (Å²) in [4.78, 5) is 15.7. The van der Waals surface area contributed by atoms with Gasteiger partial charge in [-0.25, -0.2) is 0 Å². The molecule has 1 spiro atoms. The minimum Gasteiger partial charge on any atom is -0.369 e. The summed E-state index contributed by atoms with van der Waals surface area (Å²) < 4.78 is 6.04. The Kier molecular flexibility index (Phi) is 3.40. The minimum atomic E-state index is -0.228. The number of hydrogen-bond acceptors (Lipinski definition) is 6. The molecular formula is C12H18N4O2S. The third-order valence-corrected chi connectivity index (χ3v) is 4.60. The molecule has 2 aliphatic rings. The van der Waals surface area contributed by atoms with Gasteiger partial charge in [0.1, 0.15) is 11.1 Å². The van der Waals surface area contributed by atoms with Gasteiger partial charge in [0.2, 0.25) is 11.0 Å². The molecule has 0 bridgehead atoms. The molecule has 7 heteroatoms. The Morgan fingerprint density at radius 3 is 3.11 bits per heavy atom. The highest BCUT2D eigenvalue weighted by molar-refractivity contribution is 7.13. The van der Waals surface area contributed by atoms with E-state index in [2.05, 4.69) is 15.1 Å². The van der Waals surface area contributed by atoms with E-state index in [9.17, 15) is 4.79 Å². The van der Waals surface area contributed by atoms with Gasteiger partial charge in [-0.2, -0.15) is 0 Å². The first-order valence-electron chi connectivity index (χ1n) is 6.59. The van der Waals surface area contributed by atoms with Crippen LogP contribution in [0, 0.1) is 0 Å². The van der Waals surface area contributed by atoms with E-state index in [1.807, 2.05) is 4.90 Å². The molecule has 0 N–H and O–H groups in total. The summed E-state index contributed by atoms with van der Waals surface area (Å²) in [6, 6.07) is 0. The molecule has 2 aliphatic heterocycles. The molecule has 6 nitrogen and oxygen atoms in total. The Hall–Kier alpha value is -1.21. The molecule has 1 atom stereocenters. The third-order valence-electron chi connectivity index (χ3n) is 3.85. The van der Waals surface area contributed by atoms with Crippen molar-refractivity contribution in [3.05, 3.63) is 5.51 Å². The van der Waals surface area contributed by atoms with Crippen molar-refractivity contribution < 1.29 is 9.53 Å². The number of hydrogen-bond donors (Lipinski definition) is 0. The summed E-state index contributed by atoms with van der Waals surface area (Å²) in [5, 5.41) is 8.97. The monoisotopic (exact) mass is 282 g/mol. The van der Waals surface area contributed by atoms with Crippen LogP contribution in [0.4, 0.5) is 5.13 Å². The summed E-state index contributed by atoms with van der Waals surface area (Å²) in [6.07, 6.45) is 2.01. The van der Waals surface area contributed by atoms with Crippen LogP contribution >= 0.6 is 11.3 Å². The quantitative estimate of drug-likeness (QED) is 0.761. The van der Waals surface area contributed by atoms with Crippen LogP contribution < -0.4 is 4.90 Å². The number of aromatic nitrogens is 2. The number of carbonyl (C=O) groups excluding carboxylic acids is 1. The molecule has 2 fully saturated rings. The van der Waals surface area contributed by atoms with Crippen LogP contribution in [0.3, 0.4) is 0 Å². The van der Waals surface area contributed by atoms with Gasteiger partial charge < -0.3 is 14.5 Å². The first-order valence-corrected chi connectivity index (χ1v) is 7.47. The van der Waals surface area contributed by atoms with Crippen molar-refractivity contribution in [2.24, 2.45) is 0 Å². The summed E-state index contributed by atoms with van der Waals surface area (Å²) >= 11 is 1.55. The van der Waals surface area contributed by atoms with Gasteiger partial charge in [-0.15, -0.1) is 10.2 Å². The molecule has 1 amide bonds. The normalized spacial score (nSPS) is 27.8. The second-order valence-corrected chi connectivity index (χ2v) is 6.03. The summed E-state index contributed by atoms with van der Waals surface area (Å²) in [5.74, 6) is 0.135. The number of anilines is 1. The Bertz CT molecular complexity index is 449. The standard InChI is InChI=1S/C12H18N4O2S/c1-10(17)15-4-2-3-12(7-15)8-16(5-6-18-12)11-14-13-9-19-11/h9H,2-8H2,1H3. The number of ether oxygens (including phenoxy) is 1. The number of piperidine rings is 1. The van der Waals surface area contributed by atoms with Gasteiger partial charge in [0.15, 0.2) is 0 Å². The van der Waals surface area contributed by atoms with Crippen molar-refractivity contribution in [3.63, 3.8) is 0 Å². The maximum absolute atomic E-state index is 11.6. The summed E-state index contributed by atoms with van der Waals surface area (Å²) in [7, 11) is 0. The molecule has 3 rings (SSSR count). The Morgan fingerprint density at radius 1 is 1.47 bits per heavy atom. The van der Waals surface area contributed by atoms with E-state index in [0.717, 1.165) is 37.6 Å². The van der Waals surface area contributed by atoms with E-state index < -0.39 is 0 Å². The lowest BCUT2D eigenvalue weighted by atomic mass is 9.91. The fourth-order valence-electron chi connectivity index (χ4n) is 2.93. The van der Waals surface area contributed by atoms with E-state index in [-0.39, 0.29) is 11.5 Å². The van der Waals surface area contributed by atoms with Crippen LogP contribution in [0.5, 0.6) is 0 Å². The Morgan fingerprint density at radius 2 is 2.37 bits per heavy atom. The number of morpholine rings is 1. The molecule has 1 unspecified atom stereocenters. The Labute approximate surface area is 116 Å². The summed E-state index contributed by atoms with van der Waals surface area (Å²) in [5.41, 5.74) is 1.52. The van der Waals surface area contributed by atoms with Gasteiger partial charge >= 0.3 is 0 Å². The molecular weight excluding hydrogens is 264 g/mol. The van der Waals surface area contributed by atoms with Crippen LogP contribution in [0.1, 0.15) is 19.8 Å². The third kappa shape index (κ3) is 2.57. The van der Waals surface area contributed by atoms with Crippen molar-refractivity contribution >= 4 is 22.4 Å². The van der Waals surface area contributed by atoms with Crippen molar-refractivity contribution in [1.82, 2.24) is 15.1 Å². The molecule has 3 heterocycles. The zero-order valence-electron chi connectivity index (χ0n) is 11.0. The zero-order valence-corrected chi connectivity index (χ0v) is 11.9. The lowest BCUT2D eigenvalue weighted by Crippen LogP contribution is -2.60. The second kappa shape index (κ2) is 5.05. The molecule has 2 saturated heterocycles. The average Bonchev–Trinajstić information content (AvgIpc) is 2.93. The van der Waals surface area contributed by atoms with Gasteiger partial charge in [0, 0.05) is 20.0 Å². The van der Waals surface area contributed by atoms with Crippen molar-refractivity contribution in [2.45, 2.75) is 25.4 Å². The zero-order chi connectivity index (χ0) is 13.3. The van der Waals surface area contributed by atoms with E-state index >= 15 is 0 Å². The second-order valence-electron chi connectivity index (χ2n) is 5.22. The van der Waals surface area contributed by atoms with Gasteiger partial charge in [0.25, 0.3) is 0 Å². The molecule has 0 radical (unpaired) electrons. The van der Waals surface area contributed by atoms with Crippen molar-refractivity contribution in [3.8, 4) is 0 Å². The van der Waals surface area contributed by atoms with E-state index in [1.54, 1.807) is 23.8 Å². The first-order chi connectivity index (χ1) is 9.19. The van der Waals surface area contributed by atoms with E-state index in [1.165, 1.54) is 0 Å². The van der Waals surface area contributed by atoms with Gasteiger partial charge in [-0.1, -0.05) is 11.3 Å². The average molecular weight is 282 g/mol. The first kappa shape index (κ1) is 12.8. The maximum Gasteiger partial charge on any atom is 0.219 e. The molecule has 1 aromatic rings. The van der Waals surface area contributed by atoms with Gasteiger partial charge in [-0.3, -0.25) is 4.79 Å². The fraction of sp³-hybridized carbons (Fsp3) is 0.750. The molecule has 0 saturated carbocycles. The number of nitrogens with zero attached hydrogens (tertiary/aromatic N) is 4. The predicted octanol–water partition coefficient (Wildman–Crippen LogP) is 0.756. The minimum absolute atomic E-state index is 0.135. The number of amides is 1. The van der Waals surface area contributed by atoms with Crippen molar-refractivity contribution in [1.29, 1.82) is 0 Å². The smallest absolute Gasteiger partial charge is 0.219 e. The van der Waals surface area contributed by atoms with Crippen LogP contribution in [0.15, 0.2) is 5.51 Å².